The molecule has 0 radical (unpaired) electrons. The van der Waals surface area contributed by atoms with Crippen molar-refractivity contribution in [2.45, 2.75) is 39.5 Å². The molecule has 4 nitrogen and oxygen atoms in total. The molecule has 0 fully saturated rings. The van der Waals surface area contributed by atoms with E-state index in [1.54, 1.807) is 0 Å². The lowest BCUT2D eigenvalue weighted by Crippen LogP contribution is -1.91. The largest absolute Gasteiger partial charge is 0.255 e. The molecule has 0 aliphatic heterocycles. The van der Waals surface area contributed by atoms with E-state index < -0.39 is 0 Å². The predicted molar refractivity (Wildman–Crippen MR) is 65.1 cm³/mol. The van der Waals surface area contributed by atoms with E-state index >= 15 is 0 Å². The van der Waals surface area contributed by atoms with Crippen LogP contribution < -0.4 is 0 Å². The first-order valence-electron chi connectivity index (χ1n) is 5.11. The zero-order valence-corrected chi connectivity index (χ0v) is 10.3. The molecule has 0 heterocycles. The van der Waals surface area contributed by atoms with Crippen LogP contribution in [0.1, 0.15) is 50.7 Å². The molecular weight excluding hydrogens is 208 g/mol. The van der Waals surface area contributed by atoms with Crippen molar-refractivity contribution in [3.8, 4) is 0 Å². The van der Waals surface area contributed by atoms with Crippen LogP contribution in [0.4, 0.5) is 0 Å². The molecule has 0 spiro atoms. The van der Waals surface area contributed by atoms with Crippen molar-refractivity contribution in [2.24, 2.45) is 0 Å². The number of hydrogen-bond donors (Lipinski definition) is 4. The van der Waals surface area contributed by atoms with E-state index in [2.05, 4.69) is 52.0 Å². The molecule has 4 N–H and O–H groups in total. The highest BCUT2D eigenvalue weighted by Crippen LogP contribution is 2.20. The highest BCUT2D eigenvalue weighted by molar-refractivity contribution is 5.27. The summed E-state index contributed by atoms with van der Waals surface area (Å²) in [5.74, 6) is 1.28. The van der Waals surface area contributed by atoms with E-state index in [-0.39, 0.29) is 0 Å². The van der Waals surface area contributed by atoms with Gasteiger partial charge in [0, 0.05) is 0 Å². The summed E-state index contributed by atoms with van der Waals surface area (Å²) < 4.78 is 0. The number of rotatable bonds is 2. The van der Waals surface area contributed by atoms with E-state index in [0.717, 1.165) is 0 Å². The van der Waals surface area contributed by atoms with Crippen molar-refractivity contribution in [3.05, 3.63) is 35.4 Å². The van der Waals surface area contributed by atoms with Crippen LogP contribution in [0.2, 0.25) is 0 Å². The van der Waals surface area contributed by atoms with Crippen LogP contribution in [0.3, 0.4) is 0 Å². The lowest BCUT2D eigenvalue weighted by atomic mass is 9.96. The Bertz CT molecular complexity index is 236. The van der Waals surface area contributed by atoms with Crippen LogP contribution in [0.25, 0.3) is 0 Å². The molecule has 0 saturated heterocycles. The zero-order chi connectivity index (χ0) is 13.1. The molecule has 4 heteroatoms. The van der Waals surface area contributed by atoms with E-state index in [1.807, 2.05) is 0 Å². The third kappa shape index (κ3) is 6.53. The van der Waals surface area contributed by atoms with Crippen LogP contribution in [-0.4, -0.2) is 21.0 Å². The van der Waals surface area contributed by atoms with Gasteiger partial charge in [-0.25, -0.2) is 0 Å². The molecule has 0 unspecified atom stereocenters. The van der Waals surface area contributed by atoms with Gasteiger partial charge in [-0.15, -0.1) is 0 Å². The van der Waals surface area contributed by atoms with Crippen LogP contribution >= 0.6 is 0 Å². The first-order valence-corrected chi connectivity index (χ1v) is 5.11. The second kappa shape index (κ2) is 10.6. The number of benzene rings is 1. The Morgan fingerprint density at radius 2 is 1.06 bits per heavy atom. The van der Waals surface area contributed by atoms with Crippen molar-refractivity contribution in [3.63, 3.8) is 0 Å². The lowest BCUT2D eigenvalue weighted by molar-refractivity contribution is -0.176. The summed E-state index contributed by atoms with van der Waals surface area (Å²) >= 11 is 0. The topological polar surface area (TPSA) is 80.9 Å². The molecule has 0 atom stereocenters. The Hall–Kier alpha value is -0.940. The van der Waals surface area contributed by atoms with Gasteiger partial charge in [0.1, 0.15) is 0 Å². The van der Waals surface area contributed by atoms with Gasteiger partial charge < -0.3 is 0 Å². The zero-order valence-electron chi connectivity index (χ0n) is 10.3. The fourth-order valence-electron chi connectivity index (χ4n) is 1.28. The highest BCUT2D eigenvalue weighted by Gasteiger charge is 2.02. The Balaban J connectivity index is 0. The van der Waals surface area contributed by atoms with E-state index in [9.17, 15) is 0 Å². The second-order valence-electron chi connectivity index (χ2n) is 3.98. The van der Waals surface area contributed by atoms with Crippen LogP contribution in [0.5, 0.6) is 0 Å². The molecule has 1 aromatic carbocycles. The maximum Gasteiger partial charge on any atom is -0.0219 e. The maximum atomic E-state index is 6.00. The minimum Gasteiger partial charge on any atom is -0.255 e. The monoisotopic (exact) mass is 230 g/mol. The van der Waals surface area contributed by atoms with Gasteiger partial charge in [0.2, 0.25) is 0 Å². The predicted octanol–water partition coefficient (Wildman–Crippen LogP) is 3.97. The second-order valence-corrected chi connectivity index (χ2v) is 3.98. The molecular formula is C12H22O4. The first-order chi connectivity index (χ1) is 7.61. The third-order valence-electron chi connectivity index (χ3n) is 2.24. The molecule has 1 rings (SSSR count). The molecule has 1 aromatic rings. The van der Waals surface area contributed by atoms with Gasteiger partial charge in [0.25, 0.3) is 0 Å². The van der Waals surface area contributed by atoms with Crippen molar-refractivity contribution >= 4 is 0 Å². The number of hydrogen-bond acceptors (Lipinski definition) is 4. The molecule has 0 saturated carbocycles. The summed E-state index contributed by atoms with van der Waals surface area (Å²) in [6.07, 6.45) is 0. The summed E-state index contributed by atoms with van der Waals surface area (Å²) in [4.78, 5) is 0. The summed E-state index contributed by atoms with van der Waals surface area (Å²) in [5, 5.41) is 24.0. The molecule has 94 valence electrons. The summed E-state index contributed by atoms with van der Waals surface area (Å²) in [5.41, 5.74) is 2.89. The Morgan fingerprint density at radius 1 is 0.750 bits per heavy atom. The minimum absolute atomic E-state index is 0.642. The summed E-state index contributed by atoms with van der Waals surface area (Å²) in [6, 6.07) is 8.88. The Labute approximate surface area is 96.7 Å². The van der Waals surface area contributed by atoms with Crippen LogP contribution in [-0.2, 0) is 0 Å². The molecule has 0 bridgehead atoms. The molecule has 0 amide bonds. The van der Waals surface area contributed by atoms with Crippen molar-refractivity contribution < 1.29 is 21.0 Å². The molecule has 0 aliphatic carbocycles. The smallest absolute Gasteiger partial charge is 0.0219 e. The van der Waals surface area contributed by atoms with Gasteiger partial charge in [-0.05, 0) is 23.0 Å². The normalized spacial score (nSPS) is 9.12. The fourth-order valence-corrected chi connectivity index (χ4v) is 1.28. The molecule has 0 aromatic heterocycles. The quantitative estimate of drug-likeness (QED) is 0.458. The van der Waals surface area contributed by atoms with Gasteiger partial charge in [-0.2, -0.15) is 0 Å². The van der Waals surface area contributed by atoms with E-state index in [0.29, 0.717) is 11.8 Å². The van der Waals surface area contributed by atoms with Crippen molar-refractivity contribution in [1.82, 2.24) is 0 Å². The highest BCUT2D eigenvalue weighted by atomic mass is 17.0. The van der Waals surface area contributed by atoms with Crippen molar-refractivity contribution in [2.75, 3.05) is 0 Å². The van der Waals surface area contributed by atoms with Gasteiger partial charge >= 0.3 is 0 Å². The third-order valence-corrected chi connectivity index (χ3v) is 2.24. The van der Waals surface area contributed by atoms with Crippen LogP contribution in [0, 0.1) is 0 Å². The van der Waals surface area contributed by atoms with Crippen molar-refractivity contribution in [1.29, 1.82) is 0 Å². The summed E-state index contributed by atoms with van der Waals surface area (Å²) in [7, 11) is 0. The average Bonchev–Trinajstić information content (AvgIpc) is 2.34. The maximum absolute atomic E-state index is 6.00. The van der Waals surface area contributed by atoms with Gasteiger partial charge in [0.15, 0.2) is 0 Å². The minimum atomic E-state index is 0.642. The fraction of sp³-hybridized carbons (Fsp3) is 0.500. The van der Waals surface area contributed by atoms with Gasteiger partial charge in [-0.1, -0.05) is 52.0 Å². The van der Waals surface area contributed by atoms with E-state index in [1.165, 1.54) is 11.1 Å². The molecule has 16 heavy (non-hydrogen) atoms. The first kappa shape index (κ1) is 17.5. The average molecular weight is 230 g/mol. The van der Waals surface area contributed by atoms with Crippen LogP contribution in [0.15, 0.2) is 24.3 Å². The lowest BCUT2D eigenvalue weighted by Gasteiger charge is -2.09. The Morgan fingerprint density at radius 3 is 1.31 bits per heavy atom. The van der Waals surface area contributed by atoms with Gasteiger partial charge in [-0.3, -0.25) is 21.0 Å². The van der Waals surface area contributed by atoms with E-state index in [4.69, 9.17) is 21.0 Å². The summed E-state index contributed by atoms with van der Waals surface area (Å²) in [6.45, 7) is 8.94. The molecule has 0 aliphatic rings. The SMILES string of the molecule is CC(C)c1cccc(C(C)C)c1.OO.OO. The standard InChI is InChI=1S/C12H18.2H2O2/c1-9(2)11-6-5-7-12(8-11)10(3)4;2*1-2/h5-10H,1-4H3;2*1-2H. The Kier molecular flexibility index (Phi) is 11.5. The van der Waals surface area contributed by atoms with Gasteiger partial charge in [0.05, 0.1) is 0 Å².